The van der Waals surface area contributed by atoms with Crippen LogP contribution in [0.4, 0.5) is 9.59 Å². The first-order valence-corrected chi connectivity index (χ1v) is 20.3. The lowest BCUT2D eigenvalue weighted by Gasteiger charge is -2.29. The zero-order valence-corrected chi connectivity index (χ0v) is 34.1. The van der Waals surface area contributed by atoms with Crippen molar-refractivity contribution in [3.05, 3.63) is 65.9 Å². The summed E-state index contributed by atoms with van der Waals surface area (Å²) in [5, 5.41) is 3.42. The molecule has 14 heteroatoms. The molecule has 2 unspecified atom stereocenters. The van der Waals surface area contributed by atoms with Gasteiger partial charge in [-0.25, -0.2) is 20.1 Å². The predicted molar refractivity (Wildman–Crippen MR) is 216 cm³/mol. The summed E-state index contributed by atoms with van der Waals surface area (Å²) in [6.07, 6.45) is 3.55. The van der Waals surface area contributed by atoms with E-state index in [1.54, 1.807) is 12.0 Å². The number of hydrogen-bond donors (Lipinski definition) is 3. The first-order valence-electron chi connectivity index (χ1n) is 20.3. The van der Waals surface area contributed by atoms with E-state index in [4.69, 9.17) is 28.9 Å². The summed E-state index contributed by atoms with van der Waals surface area (Å²) in [7, 11) is 3.02. The largest absolute Gasteiger partial charge is 0.513 e. The lowest BCUT2D eigenvalue weighted by molar-refractivity contribution is -0.601. The number of nitrogens with two attached hydrogens (primary N) is 1. The second-order valence-electron chi connectivity index (χ2n) is 17.7. The molecule has 3 fully saturated rings. The summed E-state index contributed by atoms with van der Waals surface area (Å²) in [6, 6.07) is 14.0. The number of nitrogens with one attached hydrogen (secondary N) is 2. The van der Waals surface area contributed by atoms with E-state index in [0.29, 0.717) is 25.7 Å². The van der Waals surface area contributed by atoms with Crippen LogP contribution in [-0.4, -0.2) is 92.9 Å². The molecule has 0 bridgehead atoms. The highest BCUT2D eigenvalue weighted by Gasteiger charge is 2.57. The minimum absolute atomic E-state index is 0.0475. The highest BCUT2D eigenvalue weighted by Crippen LogP contribution is 2.53. The molecule has 6 atom stereocenters. The fraction of sp³-hybridized carbons (Fsp3) is 0.477. The normalized spacial score (nSPS) is 22.8. The number of aromatic nitrogens is 4. The van der Waals surface area contributed by atoms with E-state index < -0.39 is 17.7 Å². The number of fused-ring (bicyclic) bond motifs is 7. The van der Waals surface area contributed by atoms with Crippen molar-refractivity contribution in [2.45, 2.75) is 90.3 Å². The maximum Gasteiger partial charge on any atom is 0.513 e. The Morgan fingerprint density at radius 3 is 2.57 bits per heavy atom. The number of likely N-dealkylation sites (tertiary alicyclic amines) is 2. The van der Waals surface area contributed by atoms with E-state index in [2.05, 4.69) is 46.4 Å². The third kappa shape index (κ3) is 6.85. The number of imidazole rings is 2. The summed E-state index contributed by atoms with van der Waals surface area (Å²) >= 11 is 0. The number of carbonyl (C=O) groups excluding carboxylic acids is 3. The van der Waals surface area contributed by atoms with Gasteiger partial charge in [-0.2, -0.15) is 4.79 Å². The molecular formula is C44H52N7O7+. The second kappa shape index (κ2) is 14.4. The van der Waals surface area contributed by atoms with E-state index in [1.165, 1.54) is 12.4 Å². The number of rotatable bonds is 8. The number of amides is 3. The highest BCUT2D eigenvalue weighted by molar-refractivity contribution is 6.07. The Bertz CT molecular complexity index is 2430. The molecule has 3 amide bonds. The number of ether oxygens (including phenoxy) is 4. The molecule has 3 aromatic carbocycles. The fourth-order valence-electron chi connectivity index (χ4n) is 9.30. The summed E-state index contributed by atoms with van der Waals surface area (Å²) < 4.78 is 22.6. The number of aromatic amines is 2. The maximum absolute atomic E-state index is 13.9. The molecule has 5 heterocycles. The Hall–Kier alpha value is -5.47. The van der Waals surface area contributed by atoms with Crippen molar-refractivity contribution in [2.75, 3.05) is 27.4 Å². The molecule has 9 rings (SSSR count). The quantitative estimate of drug-likeness (QED) is 0.156. The molecule has 2 aromatic heterocycles. The van der Waals surface area contributed by atoms with Crippen LogP contribution in [0, 0.1) is 17.8 Å². The lowest BCUT2D eigenvalue weighted by Crippen LogP contribution is -2.96. The van der Waals surface area contributed by atoms with Crippen molar-refractivity contribution in [3.63, 3.8) is 0 Å². The first-order chi connectivity index (χ1) is 27.8. The third-order valence-electron chi connectivity index (χ3n) is 12.2. The number of piperidine rings is 1. The summed E-state index contributed by atoms with van der Waals surface area (Å²) in [4.78, 5) is 60.1. The van der Waals surface area contributed by atoms with E-state index in [9.17, 15) is 14.4 Å². The van der Waals surface area contributed by atoms with Crippen LogP contribution in [0.5, 0.6) is 5.75 Å². The molecule has 1 saturated carbocycles. The van der Waals surface area contributed by atoms with Crippen LogP contribution in [0.25, 0.3) is 44.2 Å². The van der Waals surface area contributed by atoms with Gasteiger partial charge in [0.25, 0.3) is 5.91 Å². The Morgan fingerprint density at radius 2 is 1.81 bits per heavy atom. The van der Waals surface area contributed by atoms with Crippen molar-refractivity contribution >= 4 is 39.9 Å². The minimum atomic E-state index is -0.612. The molecule has 3 aliphatic heterocycles. The van der Waals surface area contributed by atoms with Gasteiger partial charge in [0.15, 0.2) is 6.04 Å². The Labute approximate surface area is 337 Å². The van der Waals surface area contributed by atoms with Crippen molar-refractivity contribution in [3.8, 4) is 28.1 Å². The Balaban J connectivity index is 0.973. The van der Waals surface area contributed by atoms with Gasteiger partial charge in [-0.1, -0.05) is 32.0 Å². The minimum Gasteiger partial charge on any atom is -0.488 e. The van der Waals surface area contributed by atoms with Gasteiger partial charge < -0.3 is 33.8 Å². The number of H-pyrrole nitrogens is 2. The van der Waals surface area contributed by atoms with Crippen LogP contribution in [0.3, 0.4) is 0 Å². The molecule has 5 aromatic rings. The maximum atomic E-state index is 13.9. The van der Waals surface area contributed by atoms with Crippen LogP contribution in [0.15, 0.2) is 48.7 Å². The zero-order valence-electron chi connectivity index (χ0n) is 34.1. The molecule has 4 N–H and O–H groups in total. The summed E-state index contributed by atoms with van der Waals surface area (Å²) in [5.41, 5.74) is 6.14. The van der Waals surface area contributed by atoms with E-state index >= 15 is 0 Å². The summed E-state index contributed by atoms with van der Waals surface area (Å²) in [5.74, 6) is 2.80. The smallest absolute Gasteiger partial charge is 0.488 e. The highest BCUT2D eigenvalue weighted by atomic mass is 16.6. The molecular weight excluding hydrogens is 739 g/mol. The number of methoxy groups -OCH3 is 2. The number of benzene rings is 3. The van der Waals surface area contributed by atoms with Crippen LogP contribution in [0.2, 0.25) is 0 Å². The number of carbonyl (C=O) groups is 3. The Kier molecular flexibility index (Phi) is 9.46. The number of quaternary nitrogens is 1. The molecule has 0 spiro atoms. The average Bonchev–Trinajstić information content (AvgIpc) is 3.66. The second-order valence-corrected chi connectivity index (χ2v) is 17.7. The van der Waals surface area contributed by atoms with E-state index in [1.807, 2.05) is 51.8 Å². The summed E-state index contributed by atoms with van der Waals surface area (Å²) in [6.45, 7) is 11.0. The molecule has 14 nitrogen and oxygen atoms in total. The topological polar surface area (TPSA) is 169 Å². The lowest BCUT2D eigenvalue weighted by atomic mass is 9.92. The average molecular weight is 791 g/mol. The molecule has 1 aliphatic carbocycles. The van der Waals surface area contributed by atoms with Crippen molar-refractivity contribution < 1.29 is 38.6 Å². The van der Waals surface area contributed by atoms with Crippen molar-refractivity contribution in [2.24, 2.45) is 17.8 Å². The van der Waals surface area contributed by atoms with Crippen molar-refractivity contribution in [1.82, 2.24) is 29.7 Å². The number of primary amides is 1. The van der Waals surface area contributed by atoms with Crippen molar-refractivity contribution in [1.29, 1.82) is 0 Å². The van der Waals surface area contributed by atoms with Gasteiger partial charge in [-0.05, 0) is 92.3 Å². The van der Waals surface area contributed by atoms with Gasteiger partial charge in [0, 0.05) is 42.5 Å². The Morgan fingerprint density at radius 1 is 0.983 bits per heavy atom. The molecule has 0 radical (unpaired) electrons. The molecule has 58 heavy (non-hydrogen) atoms. The first kappa shape index (κ1) is 38.1. The van der Waals surface area contributed by atoms with Crippen LogP contribution < -0.4 is 10.1 Å². The molecule has 2 saturated heterocycles. The monoisotopic (exact) mass is 790 g/mol. The van der Waals surface area contributed by atoms with Gasteiger partial charge >= 0.3 is 12.2 Å². The van der Waals surface area contributed by atoms with Gasteiger partial charge in [-0.15, -0.1) is 0 Å². The standard InChI is InChI=1S/C44H51N7O7/c1-22(2)37(49-42(53)56-7)41(52)51-33-15-26(33)16-35(51)39-45-18-32(47-39)25-8-10-28-27(13-25)21-57-36-17-29-24(14-30(28)36)9-11-31-38(29)48-40(46-31)34-12-23(20-55-6)19-50(34)43(54)58-44(3,4)5/h8-11,13-14,17-18,22-23,26,33-35,37H,12,15-16,19-21H2,1-7H3,(H,45,47)(H,46,48)(H,49,53)/p+1/t23-,26?,33?,34-,35-,37-/m0/s1. The predicted octanol–water partition coefficient (Wildman–Crippen LogP) is 6.63. The van der Waals surface area contributed by atoms with Gasteiger partial charge in [0.2, 0.25) is 0 Å². The van der Waals surface area contributed by atoms with Crippen LogP contribution in [0.1, 0.15) is 83.2 Å². The SMILES string of the molecule is COC[C@H]1C[C@@H](c2nc3c(ccc4cc5c(cc43)OCc3cc(-c4cnc([C@@H]6CC7CC7N6C(=O)[C@@H]([NH2+]C(=O)OC)C(C)C)[nH]4)ccc3-5)[nH]2)N(C(=O)OC(C)(C)C)C1. The fourth-order valence-corrected chi connectivity index (χ4v) is 9.30. The van der Waals surface area contributed by atoms with E-state index in [0.717, 1.165) is 86.4 Å². The van der Waals surface area contributed by atoms with Crippen LogP contribution in [-0.2, 0) is 25.6 Å². The zero-order chi connectivity index (χ0) is 40.6. The number of nitrogens with zero attached hydrogens (tertiary/aromatic N) is 4. The number of hydrogen-bond acceptors (Lipinski definition) is 9. The third-order valence-corrected chi connectivity index (χ3v) is 12.2. The van der Waals surface area contributed by atoms with Gasteiger partial charge in [-0.3, -0.25) is 9.69 Å². The van der Waals surface area contributed by atoms with Crippen LogP contribution >= 0.6 is 0 Å². The molecule has 4 aliphatic rings. The van der Waals surface area contributed by atoms with Gasteiger partial charge in [0.1, 0.15) is 29.6 Å². The van der Waals surface area contributed by atoms with E-state index in [-0.39, 0.29) is 42.0 Å². The van der Waals surface area contributed by atoms with Gasteiger partial charge in [0.05, 0.1) is 48.7 Å². The molecule has 304 valence electrons.